The topological polar surface area (TPSA) is 51.5 Å². The molecule has 1 fully saturated rings. The van der Waals surface area contributed by atoms with Crippen molar-refractivity contribution in [3.63, 3.8) is 0 Å². The number of piperidine rings is 1. The Hall–Kier alpha value is -2.12. The van der Waals surface area contributed by atoms with E-state index < -0.39 is 0 Å². The molecule has 0 atom stereocenters. The van der Waals surface area contributed by atoms with Gasteiger partial charge in [-0.15, -0.1) is 11.3 Å². The van der Waals surface area contributed by atoms with E-state index in [0.29, 0.717) is 44.8 Å². The maximum absolute atomic E-state index is 13.3. The fourth-order valence-electron chi connectivity index (χ4n) is 3.84. The van der Waals surface area contributed by atoms with Crippen molar-refractivity contribution in [2.75, 3.05) is 19.7 Å². The van der Waals surface area contributed by atoms with E-state index in [1.807, 2.05) is 30.0 Å². The van der Waals surface area contributed by atoms with E-state index in [1.54, 1.807) is 11.3 Å². The predicted octanol–water partition coefficient (Wildman–Crippen LogP) is 4.93. The molecule has 7 heteroatoms. The summed E-state index contributed by atoms with van der Waals surface area (Å²) in [6.45, 7) is 4.03. The Balaban J connectivity index is 1.54. The summed E-state index contributed by atoms with van der Waals surface area (Å²) in [7, 11) is 0. The predicted molar refractivity (Wildman–Crippen MR) is 118 cm³/mol. The molecule has 1 aliphatic heterocycles. The van der Waals surface area contributed by atoms with Crippen LogP contribution >= 0.6 is 27.3 Å². The second-order valence-electron chi connectivity index (χ2n) is 7.23. The van der Waals surface area contributed by atoms with Crippen LogP contribution in [0.15, 0.2) is 46.3 Å². The molecule has 1 aromatic carbocycles. The number of benzene rings is 1. The number of nitrogens with zero attached hydrogens (tertiary/aromatic N) is 2. The molecule has 0 spiro atoms. The van der Waals surface area contributed by atoms with Crippen LogP contribution in [0, 0.1) is 5.92 Å². The lowest BCUT2D eigenvalue weighted by Gasteiger charge is -2.31. The molecular formula is C22H23BrN2O3S. The minimum atomic E-state index is -0.140. The Morgan fingerprint density at radius 1 is 1.17 bits per heavy atom. The van der Waals surface area contributed by atoms with Gasteiger partial charge in [0, 0.05) is 24.1 Å². The van der Waals surface area contributed by atoms with Gasteiger partial charge in [0.15, 0.2) is 0 Å². The number of esters is 1. The van der Waals surface area contributed by atoms with Crippen molar-refractivity contribution in [3.8, 4) is 0 Å². The first-order valence-corrected chi connectivity index (χ1v) is 11.5. The van der Waals surface area contributed by atoms with Crippen molar-refractivity contribution >= 4 is 49.4 Å². The Morgan fingerprint density at radius 3 is 2.59 bits per heavy atom. The van der Waals surface area contributed by atoms with E-state index in [9.17, 15) is 9.59 Å². The molecule has 0 bridgehead atoms. The summed E-state index contributed by atoms with van der Waals surface area (Å²) in [6, 6.07) is 12.3. The van der Waals surface area contributed by atoms with E-state index in [2.05, 4.69) is 44.1 Å². The van der Waals surface area contributed by atoms with Crippen LogP contribution in [-0.2, 0) is 16.1 Å². The number of aromatic nitrogens is 1. The van der Waals surface area contributed by atoms with Gasteiger partial charge in [0.25, 0.3) is 5.91 Å². The second-order valence-corrected chi connectivity index (χ2v) is 9.09. The van der Waals surface area contributed by atoms with Crippen molar-refractivity contribution in [2.45, 2.75) is 26.3 Å². The average Bonchev–Trinajstić information content (AvgIpc) is 3.32. The maximum Gasteiger partial charge on any atom is 0.309 e. The normalized spacial score (nSPS) is 15.0. The number of rotatable bonds is 5. The first kappa shape index (κ1) is 20.2. The van der Waals surface area contributed by atoms with Gasteiger partial charge >= 0.3 is 5.97 Å². The van der Waals surface area contributed by atoms with Crippen molar-refractivity contribution in [1.29, 1.82) is 0 Å². The van der Waals surface area contributed by atoms with Crippen LogP contribution in [0.3, 0.4) is 0 Å². The van der Waals surface area contributed by atoms with Gasteiger partial charge in [-0.3, -0.25) is 9.59 Å². The molecule has 1 aliphatic rings. The third-order valence-electron chi connectivity index (χ3n) is 5.40. The van der Waals surface area contributed by atoms with E-state index in [-0.39, 0.29) is 17.8 Å². The minimum Gasteiger partial charge on any atom is -0.466 e. The lowest BCUT2D eigenvalue weighted by molar-refractivity contribution is -0.149. The zero-order valence-electron chi connectivity index (χ0n) is 16.3. The highest BCUT2D eigenvalue weighted by molar-refractivity contribution is 9.10. The van der Waals surface area contributed by atoms with Gasteiger partial charge in [-0.05, 0) is 55.0 Å². The largest absolute Gasteiger partial charge is 0.466 e. The molecule has 0 N–H and O–H groups in total. The highest BCUT2D eigenvalue weighted by Crippen LogP contribution is 2.28. The van der Waals surface area contributed by atoms with E-state index in [4.69, 9.17) is 4.74 Å². The number of halogens is 1. The second kappa shape index (κ2) is 8.71. The van der Waals surface area contributed by atoms with E-state index >= 15 is 0 Å². The number of likely N-dealkylation sites (tertiary alicyclic amines) is 1. The number of thiophene rings is 1. The molecule has 0 saturated carbocycles. The van der Waals surface area contributed by atoms with Crippen LogP contribution in [0.5, 0.6) is 0 Å². The first-order chi connectivity index (χ1) is 14.1. The molecule has 0 unspecified atom stereocenters. The number of fused-ring (bicyclic) bond motifs is 1. The van der Waals surface area contributed by atoms with Crippen LogP contribution in [0.1, 0.15) is 35.8 Å². The molecule has 152 valence electrons. The number of amides is 1. The number of carbonyl (C=O) groups is 2. The summed E-state index contributed by atoms with van der Waals surface area (Å²) in [5, 5.41) is 2.06. The standard InChI is InChI=1S/C22H23BrN2O3S/c1-2-28-22(27)16-7-10-24(11-8-16)21(26)19-13-20-18(9-12-29-20)25(19)14-15-3-5-17(23)6-4-15/h3-6,9,12-13,16H,2,7-8,10-11,14H2,1H3. The van der Waals surface area contributed by atoms with Gasteiger partial charge in [0.05, 0.1) is 22.7 Å². The molecule has 5 nitrogen and oxygen atoms in total. The quantitative estimate of drug-likeness (QED) is 0.492. The van der Waals surface area contributed by atoms with Crippen LogP contribution < -0.4 is 0 Å². The summed E-state index contributed by atoms with van der Waals surface area (Å²) in [5.74, 6) is -0.205. The summed E-state index contributed by atoms with van der Waals surface area (Å²) in [4.78, 5) is 27.2. The Kier molecular flexibility index (Phi) is 6.06. The number of ether oxygens (including phenoxy) is 1. The molecule has 0 aliphatic carbocycles. The van der Waals surface area contributed by atoms with Crippen molar-refractivity contribution in [3.05, 3.63) is 57.5 Å². The third kappa shape index (κ3) is 4.26. The van der Waals surface area contributed by atoms with Gasteiger partial charge < -0.3 is 14.2 Å². The SMILES string of the molecule is CCOC(=O)C1CCN(C(=O)c2cc3sccc3n2Cc2ccc(Br)cc2)CC1. The smallest absolute Gasteiger partial charge is 0.309 e. The van der Waals surface area contributed by atoms with Gasteiger partial charge in [-0.25, -0.2) is 0 Å². The van der Waals surface area contributed by atoms with Crippen LogP contribution in [-0.4, -0.2) is 41.0 Å². The van der Waals surface area contributed by atoms with Gasteiger partial charge in [-0.2, -0.15) is 0 Å². The summed E-state index contributed by atoms with van der Waals surface area (Å²) in [5.41, 5.74) is 2.94. The van der Waals surface area contributed by atoms with Crippen LogP contribution in [0.25, 0.3) is 10.2 Å². The zero-order chi connectivity index (χ0) is 20.4. The molecule has 2 aromatic heterocycles. The molecule has 1 saturated heterocycles. The highest BCUT2D eigenvalue weighted by atomic mass is 79.9. The van der Waals surface area contributed by atoms with Gasteiger partial charge in [0.2, 0.25) is 0 Å². The maximum atomic E-state index is 13.3. The van der Waals surface area contributed by atoms with Gasteiger partial charge in [0.1, 0.15) is 5.69 Å². The summed E-state index contributed by atoms with van der Waals surface area (Å²) >= 11 is 5.12. The number of hydrogen-bond donors (Lipinski definition) is 0. The van der Waals surface area contributed by atoms with Crippen LogP contribution in [0.2, 0.25) is 0 Å². The van der Waals surface area contributed by atoms with Crippen molar-refractivity contribution in [1.82, 2.24) is 9.47 Å². The lowest BCUT2D eigenvalue weighted by atomic mass is 9.97. The monoisotopic (exact) mass is 474 g/mol. The molecule has 4 rings (SSSR count). The molecule has 1 amide bonds. The van der Waals surface area contributed by atoms with Crippen LogP contribution in [0.4, 0.5) is 0 Å². The number of hydrogen-bond acceptors (Lipinski definition) is 4. The minimum absolute atomic E-state index is 0.0350. The summed E-state index contributed by atoms with van der Waals surface area (Å²) in [6.07, 6.45) is 1.32. The van der Waals surface area contributed by atoms with E-state index in [0.717, 1.165) is 20.3 Å². The first-order valence-electron chi connectivity index (χ1n) is 9.84. The third-order valence-corrected chi connectivity index (χ3v) is 6.78. The van der Waals surface area contributed by atoms with Crippen molar-refractivity contribution < 1.29 is 14.3 Å². The Morgan fingerprint density at radius 2 is 1.90 bits per heavy atom. The fraction of sp³-hybridized carbons (Fsp3) is 0.364. The number of carbonyl (C=O) groups excluding carboxylic acids is 2. The average molecular weight is 475 g/mol. The molecule has 3 aromatic rings. The van der Waals surface area contributed by atoms with Crippen molar-refractivity contribution in [2.24, 2.45) is 5.92 Å². The molecular weight excluding hydrogens is 452 g/mol. The molecule has 3 heterocycles. The van der Waals surface area contributed by atoms with Gasteiger partial charge in [-0.1, -0.05) is 28.1 Å². The lowest BCUT2D eigenvalue weighted by Crippen LogP contribution is -2.41. The highest BCUT2D eigenvalue weighted by Gasteiger charge is 2.30. The molecule has 0 radical (unpaired) electrons. The Bertz CT molecular complexity index is 1020. The summed E-state index contributed by atoms with van der Waals surface area (Å²) < 4.78 is 9.40. The van der Waals surface area contributed by atoms with E-state index in [1.165, 1.54) is 0 Å². The fourth-order valence-corrected chi connectivity index (χ4v) is 4.92. The molecule has 29 heavy (non-hydrogen) atoms. The zero-order valence-corrected chi connectivity index (χ0v) is 18.7. The Labute approximate surface area is 182 Å².